The minimum Gasteiger partial charge on any atom is -0.381 e. The lowest BCUT2D eigenvalue weighted by atomic mass is 9.74. The predicted octanol–water partition coefficient (Wildman–Crippen LogP) is 3.16. The standard InChI is InChI=1S/C23H38N4O/c1-22(2,27-14-8-5-9-15-27)18-25-21(24-3)26-19-23(12-16-28-17-13-23)20-10-6-4-7-11-20/h4,6-7,10-11H,5,8-9,12-19H2,1-3H3,(H2,24,25,26). The van der Waals surface area contributed by atoms with E-state index in [2.05, 4.69) is 64.7 Å². The van der Waals surface area contributed by atoms with Crippen molar-refractivity contribution in [3.05, 3.63) is 35.9 Å². The normalized spacial score (nSPS) is 21.3. The molecular formula is C23H38N4O. The number of rotatable bonds is 6. The lowest BCUT2D eigenvalue weighted by Crippen LogP contribution is -2.56. The molecule has 2 saturated heterocycles. The lowest BCUT2D eigenvalue weighted by molar-refractivity contribution is 0.0513. The Kier molecular flexibility index (Phi) is 7.36. The molecule has 0 spiro atoms. The Labute approximate surface area is 170 Å². The summed E-state index contributed by atoms with van der Waals surface area (Å²) in [6.45, 7) is 10.5. The van der Waals surface area contributed by atoms with Crippen molar-refractivity contribution in [1.82, 2.24) is 15.5 Å². The van der Waals surface area contributed by atoms with Gasteiger partial charge in [0.25, 0.3) is 0 Å². The summed E-state index contributed by atoms with van der Waals surface area (Å²) in [5, 5.41) is 7.20. The van der Waals surface area contributed by atoms with E-state index in [-0.39, 0.29) is 11.0 Å². The van der Waals surface area contributed by atoms with Gasteiger partial charge in [-0.1, -0.05) is 36.8 Å². The van der Waals surface area contributed by atoms with Crippen molar-refractivity contribution < 1.29 is 4.74 Å². The van der Waals surface area contributed by atoms with Crippen LogP contribution in [0.4, 0.5) is 0 Å². The molecule has 0 aromatic heterocycles. The summed E-state index contributed by atoms with van der Waals surface area (Å²) in [6, 6.07) is 10.9. The van der Waals surface area contributed by atoms with E-state index in [0.717, 1.165) is 45.1 Å². The third-order valence-corrected chi connectivity index (χ3v) is 6.55. The van der Waals surface area contributed by atoms with Crippen LogP contribution in [-0.2, 0) is 10.2 Å². The minimum atomic E-state index is 0.111. The van der Waals surface area contributed by atoms with E-state index < -0.39 is 0 Å². The van der Waals surface area contributed by atoms with Gasteiger partial charge in [-0.2, -0.15) is 0 Å². The van der Waals surface area contributed by atoms with E-state index in [1.165, 1.54) is 37.9 Å². The molecule has 2 fully saturated rings. The topological polar surface area (TPSA) is 48.9 Å². The zero-order chi connectivity index (χ0) is 19.9. The van der Waals surface area contributed by atoms with Crippen molar-refractivity contribution in [3.63, 3.8) is 0 Å². The zero-order valence-electron chi connectivity index (χ0n) is 18.0. The minimum absolute atomic E-state index is 0.111. The number of ether oxygens (including phenoxy) is 1. The van der Waals surface area contributed by atoms with Crippen molar-refractivity contribution >= 4 is 5.96 Å². The first-order valence-electron chi connectivity index (χ1n) is 10.9. The highest BCUT2D eigenvalue weighted by Gasteiger charge is 2.35. The Hall–Kier alpha value is -1.59. The maximum absolute atomic E-state index is 5.66. The van der Waals surface area contributed by atoms with Gasteiger partial charge < -0.3 is 15.4 Å². The van der Waals surface area contributed by atoms with Gasteiger partial charge in [0.15, 0.2) is 5.96 Å². The summed E-state index contributed by atoms with van der Waals surface area (Å²) in [7, 11) is 1.86. The third-order valence-electron chi connectivity index (χ3n) is 6.55. The Balaban J connectivity index is 1.59. The highest BCUT2D eigenvalue weighted by molar-refractivity contribution is 5.79. The molecule has 3 rings (SSSR count). The monoisotopic (exact) mass is 386 g/mol. The summed E-state index contributed by atoms with van der Waals surface area (Å²) in [4.78, 5) is 7.10. The number of likely N-dealkylation sites (tertiary alicyclic amines) is 1. The summed E-state index contributed by atoms with van der Waals surface area (Å²) >= 11 is 0. The van der Waals surface area contributed by atoms with Gasteiger partial charge >= 0.3 is 0 Å². The lowest BCUT2D eigenvalue weighted by Gasteiger charge is -2.41. The van der Waals surface area contributed by atoms with E-state index in [9.17, 15) is 0 Å². The summed E-state index contributed by atoms with van der Waals surface area (Å²) in [6.07, 6.45) is 6.09. The molecule has 2 N–H and O–H groups in total. The molecule has 2 heterocycles. The third kappa shape index (κ3) is 5.26. The first kappa shape index (κ1) is 21.1. The maximum Gasteiger partial charge on any atom is 0.191 e. The SMILES string of the molecule is CN=C(NCC1(c2ccccc2)CCOCC1)NCC(C)(C)N1CCCCC1. The Morgan fingerprint density at radius 1 is 1.07 bits per heavy atom. The van der Waals surface area contributed by atoms with Crippen molar-refractivity contribution in [2.45, 2.75) is 56.9 Å². The van der Waals surface area contributed by atoms with Gasteiger partial charge in [-0.05, 0) is 58.2 Å². The number of hydrogen-bond donors (Lipinski definition) is 2. The molecule has 0 unspecified atom stereocenters. The average molecular weight is 387 g/mol. The van der Waals surface area contributed by atoms with Crippen LogP contribution in [0.3, 0.4) is 0 Å². The van der Waals surface area contributed by atoms with Crippen LogP contribution >= 0.6 is 0 Å². The van der Waals surface area contributed by atoms with Crippen molar-refractivity contribution in [3.8, 4) is 0 Å². The summed E-state index contributed by atoms with van der Waals surface area (Å²) in [5.41, 5.74) is 1.64. The highest BCUT2D eigenvalue weighted by atomic mass is 16.5. The highest BCUT2D eigenvalue weighted by Crippen LogP contribution is 2.34. The second kappa shape index (κ2) is 9.75. The van der Waals surface area contributed by atoms with Crippen molar-refractivity contribution in [2.24, 2.45) is 4.99 Å². The molecule has 1 aromatic rings. The largest absolute Gasteiger partial charge is 0.381 e. The molecule has 0 aliphatic carbocycles. The number of guanidine groups is 1. The second-order valence-electron chi connectivity index (χ2n) is 8.90. The number of nitrogens with zero attached hydrogens (tertiary/aromatic N) is 2. The van der Waals surface area contributed by atoms with Gasteiger partial charge in [0.2, 0.25) is 0 Å². The van der Waals surface area contributed by atoms with E-state index in [4.69, 9.17) is 4.74 Å². The van der Waals surface area contributed by atoms with Gasteiger partial charge in [-0.15, -0.1) is 0 Å². The quantitative estimate of drug-likeness (QED) is 0.582. The van der Waals surface area contributed by atoms with E-state index in [0.29, 0.717) is 0 Å². The van der Waals surface area contributed by atoms with E-state index in [1.807, 2.05) is 7.05 Å². The summed E-state index contributed by atoms with van der Waals surface area (Å²) < 4.78 is 5.66. The van der Waals surface area contributed by atoms with Crippen molar-refractivity contribution in [2.75, 3.05) is 46.4 Å². The number of nitrogens with one attached hydrogen (secondary N) is 2. The first-order chi connectivity index (χ1) is 13.6. The molecule has 0 atom stereocenters. The van der Waals surface area contributed by atoms with Gasteiger partial charge in [0.05, 0.1) is 0 Å². The van der Waals surface area contributed by atoms with E-state index in [1.54, 1.807) is 0 Å². The number of piperidine rings is 1. The molecule has 2 aliphatic heterocycles. The molecule has 1 aromatic carbocycles. The smallest absolute Gasteiger partial charge is 0.191 e. The van der Waals surface area contributed by atoms with E-state index >= 15 is 0 Å². The molecule has 0 amide bonds. The van der Waals surface area contributed by atoms with Crippen LogP contribution in [0.1, 0.15) is 51.5 Å². The first-order valence-corrected chi connectivity index (χ1v) is 10.9. The zero-order valence-corrected chi connectivity index (χ0v) is 18.0. The second-order valence-corrected chi connectivity index (χ2v) is 8.90. The predicted molar refractivity (Wildman–Crippen MR) is 117 cm³/mol. The molecule has 28 heavy (non-hydrogen) atoms. The van der Waals surface area contributed by atoms with Gasteiger partial charge in [-0.25, -0.2) is 0 Å². The molecule has 5 nitrogen and oxygen atoms in total. The van der Waals surface area contributed by atoms with Crippen molar-refractivity contribution in [1.29, 1.82) is 0 Å². The van der Waals surface area contributed by atoms with Crippen LogP contribution in [0.5, 0.6) is 0 Å². The van der Waals surface area contributed by atoms with Crippen LogP contribution < -0.4 is 10.6 Å². The molecular weight excluding hydrogens is 348 g/mol. The number of aliphatic imine (C=N–C) groups is 1. The fourth-order valence-electron chi connectivity index (χ4n) is 4.51. The van der Waals surface area contributed by atoms with Gasteiger partial charge in [-0.3, -0.25) is 9.89 Å². The fraction of sp³-hybridized carbons (Fsp3) is 0.696. The van der Waals surface area contributed by atoms with Crippen LogP contribution in [0.15, 0.2) is 35.3 Å². The Morgan fingerprint density at radius 2 is 1.75 bits per heavy atom. The van der Waals surface area contributed by atoms with Gasteiger partial charge in [0, 0.05) is 44.3 Å². The molecule has 156 valence electrons. The molecule has 2 aliphatic rings. The molecule has 0 radical (unpaired) electrons. The number of hydrogen-bond acceptors (Lipinski definition) is 3. The summed E-state index contributed by atoms with van der Waals surface area (Å²) in [5.74, 6) is 0.895. The van der Waals surface area contributed by atoms with Crippen LogP contribution in [0.25, 0.3) is 0 Å². The Bertz CT molecular complexity index is 617. The van der Waals surface area contributed by atoms with Crippen LogP contribution in [0, 0.1) is 0 Å². The molecule has 0 bridgehead atoms. The fourth-order valence-corrected chi connectivity index (χ4v) is 4.51. The van der Waals surface area contributed by atoms with Crippen LogP contribution in [0.2, 0.25) is 0 Å². The average Bonchev–Trinajstić information content (AvgIpc) is 2.76. The van der Waals surface area contributed by atoms with Gasteiger partial charge in [0.1, 0.15) is 0 Å². The molecule has 0 saturated carbocycles. The number of benzene rings is 1. The van der Waals surface area contributed by atoms with Crippen LogP contribution in [-0.4, -0.2) is 62.8 Å². The maximum atomic E-state index is 5.66. The molecule has 5 heteroatoms. The Morgan fingerprint density at radius 3 is 2.39 bits per heavy atom.